The first kappa shape index (κ1) is 10.7. The van der Waals surface area contributed by atoms with Gasteiger partial charge in [-0.1, -0.05) is 30.3 Å². The summed E-state index contributed by atoms with van der Waals surface area (Å²) in [5.74, 6) is 0.832. The second-order valence-electron chi connectivity index (χ2n) is 4.45. The van der Waals surface area contributed by atoms with Gasteiger partial charge in [-0.05, 0) is 37.4 Å². The number of likely N-dealkylation sites (tertiary alicyclic amines) is 1. The molecule has 0 radical (unpaired) electrons. The standard InChI is InChI=1S/C13H20N2/c14-8-6-13-7-9-15(11-13)10-12-4-2-1-3-5-12/h1-5,13H,6-11,14H2. The summed E-state index contributed by atoms with van der Waals surface area (Å²) in [6.45, 7) is 4.40. The van der Waals surface area contributed by atoms with E-state index in [0.717, 1.165) is 19.0 Å². The van der Waals surface area contributed by atoms with Crippen molar-refractivity contribution in [1.82, 2.24) is 4.90 Å². The maximum absolute atomic E-state index is 5.59. The lowest BCUT2D eigenvalue weighted by Crippen LogP contribution is -2.20. The van der Waals surface area contributed by atoms with E-state index in [1.165, 1.54) is 31.5 Å². The lowest BCUT2D eigenvalue weighted by Gasteiger charge is -2.15. The van der Waals surface area contributed by atoms with Crippen LogP contribution >= 0.6 is 0 Å². The number of nitrogens with zero attached hydrogens (tertiary/aromatic N) is 1. The minimum atomic E-state index is 0.832. The maximum Gasteiger partial charge on any atom is 0.0233 e. The molecule has 0 aromatic heterocycles. The van der Waals surface area contributed by atoms with E-state index in [-0.39, 0.29) is 0 Å². The van der Waals surface area contributed by atoms with Crippen LogP contribution in [0.25, 0.3) is 0 Å². The van der Waals surface area contributed by atoms with E-state index >= 15 is 0 Å². The Kier molecular flexibility index (Phi) is 3.75. The first-order valence-electron chi connectivity index (χ1n) is 5.85. The smallest absolute Gasteiger partial charge is 0.0233 e. The van der Waals surface area contributed by atoms with E-state index < -0.39 is 0 Å². The quantitative estimate of drug-likeness (QED) is 0.811. The molecule has 82 valence electrons. The molecule has 1 fully saturated rings. The van der Waals surface area contributed by atoms with Gasteiger partial charge in [-0.3, -0.25) is 4.90 Å². The van der Waals surface area contributed by atoms with Gasteiger partial charge in [0.15, 0.2) is 0 Å². The molecule has 0 saturated carbocycles. The van der Waals surface area contributed by atoms with E-state index in [1.807, 2.05) is 0 Å². The summed E-state index contributed by atoms with van der Waals surface area (Å²) in [6.07, 6.45) is 2.51. The highest BCUT2D eigenvalue weighted by Gasteiger charge is 2.21. The van der Waals surface area contributed by atoms with Gasteiger partial charge in [0.2, 0.25) is 0 Å². The third-order valence-corrected chi connectivity index (χ3v) is 3.19. The highest BCUT2D eigenvalue weighted by atomic mass is 15.1. The van der Waals surface area contributed by atoms with Crippen molar-refractivity contribution in [2.45, 2.75) is 19.4 Å². The molecule has 1 heterocycles. The number of benzene rings is 1. The Hall–Kier alpha value is -0.860. The minimum Gasteiger partial charge on any atom is -0.330 e. The third-order valence-electron chi connectivity index (χ3n) is 3.19. The van der Waals surface area contributed by atoms with Crippen LogP contribution in [0.2, 0.25) is 0 Å². The van der Waals surface area contributed by atoms with Crippen molar-refractivity contribution < 1.29 is 0 Å². The Morgan fingerprint density at radius 1 is 1.27 bits per heavy atom. The normalized spacial score (nSPS) is 22.1. The van der Waals surface area contributed by atoms with Crippen LogP contribution in [0.3, 0.4) is 0 Å². The summed E-state index contributed by atoms with van der Waals surface area (Å²) in [7, 11) is 0. The zero-order valence-electron chi connectivity index (χ0n) is 9.23. The van der Waals surface area contributed by atoms with E-state index in [0.29, 0.717) is 0 Å². The van der Waals surface area contributed by atoms with Gasteiger partial charge in [-0.25, -0.2) is 0 Å². The van der Waals surface area contributed by atoms with Crippen LogP contribution in [0.5, 0.6) is 0 Å². The molecule has 2 heteroatoms. The molecule has 1 aromatic carbocycles. The molecule has 2 rings (SSSR count). The van der Waals surface area contributed by atoms with Gasteiger partial charge in [-0.2, -0.15) is 0 Å². The van der Waals surface area contributed by atoms with E-state index in [4.69, 9.17) is 5.73 Å². The van der Waals surface area contributed by atoms with E-state index in [9.17, 15) is 0 Å². The molecule has 2 nitrogen and oxygen atoms in total. The fourth-order valence-corrected chi connectivity index (χ4v) is 2.37. The Labute approximate surface area is 92.1 Å². The first-order chi connectivity index (χ1) is 7.38. The number of hydrogen-bond donors (Lipinski definition) is 1. The van der Waals surface area contributed by atoms with Crippen molar-refractivity contribution in [3.05, 3.63) is 35.9 Å². The average Bonchev–Trinajstić information content (AvgIpc) is 2.68. The molecule has 15 heavy (non-hydrogen) atoms. The highest BCUT2D eigenvalue weighted by molar-refractivity contribution is 5.14. The third kappa shape index (κ3) is 3.05. The molecular formula is C13H20N2. The molecule has 0 bridgehead atoms. The summed E-state index contributed by atoms with van der Waals surface area (Å²) in [5.41, 5.74) is 7.01. The average molecular weight is 204 g/mol. The number of nitrogens with two attached hydrogens (primary N) is 1. The second-order valence-corrected chi connectivity index (χ2v) is 4.45. The molecule has 0 amide bonds. The van der Waals surface area contributed by atoms with Gasteiger partial charge in [0.25, 0.3) is 0 Å². The number of rotatable bonds is 4. The molecule has 0 spiro atoms. The van der Waals surface area contributed by atoms with Crippen LogP contribution in [0.15, 0.2) is 30.3 Å². The van der Waals surface area contributed by atoms with Crippen molar-refractivity contribution >= 4 is 0 Å². The molecule has 1 unspecified atom stereocenters. The van der Waals surface area contributed by atoms with Gasteiger partial charge in [-0.15, -0.1) is 0 Å². The lowest BCUT2D eigenvalue weighted by atomic mass is 10.1. The molecule has 2 N–H and O–H groups in total. The van der Waals surface area contributed by atoms with Gasteiger partial charge in [0.05, 0.1) is 0 Å². The SMILES string of the molecule is NCCC1CCN(Cc2ccccc2)C1. The van der Waals surface area contributed by atoms with Crippen molar-refractivity contribution in [1.29, 1.82) is 0 Å². The van der Waals surface area contributed by atoms with E-state index in [1.54, 1.807) is 0 Å². The van der Waals surface area contributed by atoms with Crippen LogP contribution in [0.1, 0.15) is 18.4 Å². The highest BCUT2D eigenvalue weighted by Crippen LogP contribution is 2.20. The maximum atomic E-state index is 5.59. The van der Waals surface area contributed by atoms with Crippen LogP contribution in [0, 0.1) is 5.92 Å². The predicted octanol–water partition coefficient (Wildman–Crippen LogP) is 1.86. The van der Waals surface area contributed by atoms with Crippen LogP contribution < -0.4 is 5.73 Å². The summed E-state index contributed by atoms with van der Waals surface area (Å²) in [4.78, 5) is 2.54. The second kappa shape index (κ2) is 5.29. The molecular weight excluding hydrogens is 184 g/mol. The predicted molar refractivity (Wildman–Crippen MR) is 63.5 cm³/mol. The van der Waals surface area contributed by atoms with Crippen molar-refractivity contribution in [2.24, 2.45) is 11.7 Å². The Morgan fingerprint density at radius 3 is 2.80 bits per heavy atom. The zero-order valence-corrected chi connectivity index (χ0v) is 9.23. The van der Waals surface area contributed by atoms with Crippen LogP contribution in [-0.2, 0) is 6.54 Å². The van der Waals surface area contributed by atoms with Crippen molar-refractivity contribution in [3.8, 4) is 0 Å². The summed E-state index contributed by atoms with van der Waals surface area (Å²) < 4.78 is 0. The molecule has 1 aromatic rings. The van der Waals surface area contributed by atoms with Gasteiger partial charge in [0.1, 0.15) is 0 Å². The largest absolute Gasteiger partial charge is 0.330 e. The van der Waals surface area contributed by atoms with Gasteiger partial charge < -0.3 is 5.73 Å². The van der Waals surface area contributed by atoms with Crippen molar-refractivity contribution in [3.63, 3.8) is 0 Å². The Bertz CT molecular complexity index is 284. The van der Waals surface area contributed by atoms with Gasteiger partial charge >= 0.3 is 0 Å². The zero-order chi connectivity index (χ0) is 10.5. The lowest BCUT2D eigenvalue weighted by molar-refractivity contribution is 0.314. The molecule has 1 saturated heterocycles. The monoisotopic (exact) mass is 204 g/mol. The molecule has 0 aliphatic carbocycles. The summed E-state index contributed by atoms with van der Waals surface area (Å²) >= 11 is 0. The van der Waals surface area contributed by atoms with E-state index in [2.05, 4.69) is 35.2 Å². The Morgan fingerprint density at radius 2 is 2.07 bits per heavy atom. The number of hydrogen-bond acceptors (Lipinski definition) is 2. The van der Waals surface area contributed by atoms with Gasteiger partial charge in [0, 0.05) is 13.1 Å². The van der Waals surface area contributed by atoms with Crippen LogP contribution in [0.4, 0.5) is 0 Å². The molecule has 1 atom stereocenters. The minimum absolute atomic E-state index is 0.832. The topological polar surface area (TPSA) is 29.3 Å². The first-order valence-corrected chi connectivity index (χ1v) is 5.85. The molecule has 1 aliphatic heterocycles. The Balaban J connectivity index is 1.82. The molecule has 1 aliphatic rings. The van der Waals surface area contributed by atoms with Crippen molar-refractivity contribution in [2.75, 3.05) is 19.6 Å². The fraction of sp³-hybridized carbons (Fsp3) is 0.538. The summed E-state index contributed by atoms with van der Waals surface area (Å²) in [5, 5.41) is 0. The fourth-order valence-electron chi connectivity index (χ4n) is 2.37. The summed E-state index contributed by atoms with van der Waals surface area (Å²) in [6, 6.07) is 10.7. The van der Waals surface area contributed by atoms with Crippen LogP contribution in [-0.4, -0.2) is 24.5 Å².